The van der Waals surface area contributed by atoms with E-state index in [0.29, 0.717) is 36.7 Å². The highest BCUT2D eigenvalue weighted by molar-refractivity contribution is 5.94. The Kier molecular flexibility index (Phi) is 4.35. The zero-order valence-corrected chi connectivity index (χ0v) is 14.1. The highest BCUT2D eigenvalue weighted by Crippen LogP contribution is 2.22. The first kappa shape index (κ1) is 16.3. The maximum atomic E-state index is 13.0. The van der Waals surface area contributed by atoms with Crippen LogP contribution in [0.25, 0.3) is 12.2 Å². The molecule has 0 spiro atoms. The lowest BCUT2D eigenvalue weighted by Crippen LogP contribution is -2.35. The molecule has 0 radical (unpaired) electrons. The molecule has 26 heavy (non-hydrogen) atoms. The fourth-order valence-electron chi connectivity index (χ4n) is 2.97. The Hall–Kier alpha value is -3.21. The first-order valence-electron chi connectivity index (χ1n) is 8.45. The fraction of sp³-hybridized carbons (Fsp3) is 0.143. The lowest BCUT2D eigenvalue weighted by molar-refractivity contribution is 0.0719. The first-order valence-corrected chi connectivity index (χ1v) is 8.45. The Morgan fingerprint density at radius 1 is 1.08 bits per heavy atom. The molecule has 2 heterocycles. The third-order valence-electron chi connectivity index (χ3n) is 4.34. The molecule has 130 valence electrons. The quantitative estimate of drug-likeness (QED) is 0.713. The Morgan fingerprint density at radius 2 is 1.85 bits per heavy atom. The van der Waals surface area contributed by atoms with E-state index in [9.17, 15) is 9.18 Å². The minimum Gasteiger partial charge on any atom is -0.440 e. The highest BCUT2D eigenvalue weighted by Gasteiger charge is 2.25. The second kappa shape index (κ2) is 6.96. The monoisotopic (exact) mass is 348 g/mol. The number of carbonyl (C=O) groups is 1. The van der Waals surface area contributed by atoms with Crippen LogP contribution >= 0.6 is 0 Å². The number of fused-ring (bicyclic) bond motifs is 1. The third-order valence-corrected chi connectivity index (χ3v) is 4.34. The van der Waals surface area contributed by atoms with Crippen molar-refractivity contribution in [1.82, 2.24) is 9.88 Å². The lowest BCUT2D eigenvalue weighted by atomic mass is 10.1. The van der Waals surface area contributed by atoms with Gasteiger partial charge in [-0.2, -0.15) is 0 Å². The number of aromatic nitrogens is 1. The second-order valence-corrected chi connectivity index (χ2v) is 6.15. The van der Waals surface area contributed by atoms with Crippen LogP contribution in [-0.2, 0) is 13.0 Å². The molecular weight excluding hydrogens is 331 g/mol. The van der Waals surface area contributed by atoms with Crippen LogP contribution in [0.4, 0.5) is 4.39 Å². The molecule has 0 atom stereocenters. The summed E-state index contributed by atoms with van der Waals surface area (Å²) in [5, 5.41) is 0. The minimum absolute atomic E-state index is 0.131. The molecule has 0 bridgehead atoms. The van der Waals surface area contributed by atoms with Crippen molar-refractivity contribution in [3.05, 3.63) is 88.9 Å². The van der Waals surface area contributed by atoms with E-state index in [1.165, 1.54) is 24.3 Å². The van der Waals surface area contributed by atoms with Gasteiger partial charge in [0, 0.05) is 24.6 Å². The van der Waals surface area contributed by atoms with Crippen LogP contribution in [-0.4, -0.2) is 22.3 Å². The van der Waals surface area contributed by atoms with Gasteiger partial charge in [-0.25, -0.2) is 9.37 Å². The lowest BCUT2D eigenvalue weighted by Gasteiger charge is -2.25. The average Bonchev–Trinajstić information content (AvgIpc) is 3.09. The van der Waals surface area contributed by atoms with Crippen LogP contribution in [0.15, 0.2) is 59.0 Å². The zero-order valence-electron chi connectivity index (χ0n) is 14.1. The summed E-state index contributed by atoms with van der Waals surface area (Å²) in [6.07, 6.45) is 4.42. The molecule has 3 aromatic rings. The van der Waals surface area contributed by atoms with Gasteiger partial charge < -0.3 is 9.32 Å². The van der Waals surface area contributed by atoms with E-state index in [-0.39, 0.29) is 11.7 Å². The van der Waals surface area contributed by atoms with Gasteiger partial charge in [-0.05, 0) is 35.9 Å². The van der Waals surface area contributed by atoms with Crippen molar-refractivity contribution in [2.75, 3.05) is 6.54 Å². The summed E-state index contributed by atoms with van der Waals surface area (Å²) in [5.74, 6) is 0.760. The molecule has 0 aliphatic carbocycles. The maximum Gasteiger partial charge on any atom is 0.254 e. The number of amides is 1. The van der Waals surface area contributed by atoms with Crippen LogP contribution in [0, 0.1) is 5.82 Å². The number of oxazole rings is 1. The Balaban J connectivity index is 1.49. The smallest absolute Gasteiger partial charge is 0.254 e. The Labute approximate surface area is 150 Å². The number of rotatable bonds is 3. The Bertz CT molecular complexity index is 946. The van der Waals surface area contributed by atoms with E-state index >= 15 is 0 Å². The summed E-state index contributed by atoms with van der Waals surface area (Å²) in [4.78, 5) is 18.8. The standard InChI is InChI=1S/C21H17FN2O2/c22-17-9-7-16(8-10-17)21(25)24-13-12-18-19(14-24)26-20(23-18)11-6-15-4-2-1-3-5-15/h1-11H,12-14H2. The summed E-state index contributed by atoms with van der Waals surface area (Å²) >= 11 is 0. The number of carbonyl (C=O) groups excluding carboxylic acids is 1. The van der Waals surface area contributed by atoms with E-state index in [1.807, 2.05) is 42.5 Å². The number of halogens is 1. The molecule has 0 saturated carbocycles. The van der Waals surface area contributed by atoms with Crippen molar-refractivity contribution < 1.29 is 13.6 Å². The molecule has 5 heteroatoms. The molecule has 0 fully saturated rings. The van der Waals surface area contributed by atoms with Crippen LogP contribution in [0.3, 0.4) is 0 Å². The summed E-state index contributed by atoms with van der Waals surface area (Å²) in [7, 11) is 0. The van der Waals surface area contributed by atoms with Gasteiger partial charge in [0.25, 0.3) is 5.91 Å². The van der Waals surface area contributed by atoms with Crippen molar-refractivity contribution in [3.63, 3.8) is 0 Å². The van der Waals surface area contributed by atoms with E-state index in [2.05, 4.69) is 4.98 Å². The normalized spacial score (nSPS) is 13.8. The van der Waals surface area contributed by atoms with Gasteiger partial charge in [-0.15, -0.1) is 0 Å². The largest absolute Gasteiger partial charge is 0.440 e. The van der Waals surface area contributed by atoms with Crippen molar-refractivity contribution in [1.29, 1.82) is 0 Å². The van der Waals surface area contributed by atoms with E-state index in [4.69, 9.17) is 4.42 Å². The molecule has 4 nitrogen and oxygen atoms in total. The number of hydrogen-bond donors (Lipinski definition) is 0. The van der Waals surface area contributed by atoms with Gasteiger partial charge in [-0.1, -0.05) is 30.3 Å². The van der Waals surface area contributed by atoms with Crippen molar-refractivity contribution in [2.45, 2.75) is 13.0 Å². The van der Waals surface area contributed by atoms with E-state index in [0.717, 1.165) is 11.3 Å². The van der Waals surface area contributed by atoms with E-state index in [1.54, 1.807) is 4.90 Å². The van der Waals surface area contributed by atoms with Gasteiger partial charge in [-0.3, -0.25) is 4.79 Å². The second-order valence-electron chi connectivity index (χ2n) is 6.15. The third kappa shape index (κ3) is 3.42. The maximum absolute atomic E-state index is 13.0. The molecular formula is C21H17FN2O2. The van der Waals surface area contributed by atoms with Gasteiger partial charge in [0.1, 0.15) is 11.6 Å². The molecule has 1 aromatic heterocycles. The fourth-order valence-corrected chi connectivity index (χ4v) is 2.97. The van der Waals surface area contributed by atoms with Crippen molar-refractivity contribution in [2.24, 2.45) is 0 Å². The topological polar surface area (TPSA) is 46.3 Å². The van der Waals surface area contributed by atoms with Crippen LogP contribution in [0.1, 0.15) is 33.3 Å². The predicted octanol–water partition coefficient (Wildman–Crippen LogP) is 4.18. The van der Waals surface area contributed by atoms with Crippen molar-refractivity contribution >= 4 is 18.1 Å². The summed E-state index contributed by atoms with van der Waals surface area (Å²) in [6.45, 7) is 0.940. The molecule has 0 N–H and O–H groups in total. The zero-order chi connectivity index (χ0) is 17.9. The molecule has 0 unspecified atom stereocenters. The van der Waals surface area contributed by atoms with Crippen LogP contribution < -0.4 is 0 Å². The molecule has 0 saturated heterocycles. The van der Waals surface area contributed by atoms with Crippen LogP contribution in [0.2, 0.25) is 0 Å². The summed E-state index contributed by atoms with van der Waals surface area (Å²) in [6, 6.07) is 15.5. The highest BCUT2D eigenvalue weighted by atomic mass is 19.1. The Morgan fingerprint density at radius 3 is 2.62 bits per heavy atom. The predicted molar refractivity (Wildman–Crippen MR) is 96.7 cm³/mol. The van der Waals surface area contributed by atoms with E-state index < -0.39 is 0 Å². The van der Waals surface area contributed by atoms with Gasteiger partial charge in [0.05, 0.1) is 12.2 Å². The number of hydrogen-bond acceptors (Lipinski definition) is 3. The van der Waals surface area contributed by atoms with Gasteiger partial charge in [0.2, 0.25) is 5.89 Å². The number of nitrogens with zero attached hydrogens (tertiary/aromatic N) is 2. The molecule has 1 amide bonds. The van der Waals surface area contributed by atoms with Crippen molar-refractivity contribution in [3.8, 4) is 0 Å². The first-order chi connectivity index (χ1) is 12.7. The molecule has 2 aromatic carbocycles. The molecule has 4 rings (SSSR count). The summed E-state index contributed by atoms with van der Waals surface area (Å²) < 4.78 is 18.8. The molecule has 1 aliphatic heterocycles. The van der Waals surface area contributed by atoms with Gasteiger partial charge >= 0.3 is 0 Å². The molecule has 1 aliphatic rings. The SMILES string of the molecule is O=C(c1ccc(F)cc1)N1CCc2nc(C=Cc3ccccc3)oc2C1. The van der Waals surface area contributed by atoms with Crippen LogP contribution in [0.5, 0.6) is 0 Å². The average molecular weight is 348 g/mol. The summed E-state index contributed by atoms with van der Waals surface area (Å²) in [5.41, 5.74) is 2.43. The minimum atomic E-state index is -0.354. The number of benzene rings is 2. The van der Waals surface area contributed by atoms with Gasteiger partial charge in [0.15, 0.2) is 0 Å².